The molecule has 0 N–H and O–H groups in total. The summed E-state index contributed by atoms with van der Waals surface area (Å²) in [5.74, 6) is 0. The lowest BCUT2D eigenvalue weighted by Gasteiger charge is -2.35. The zero-order valence-corrected chi connectivity index (χ0v) is 28.8. The van der Waals surface area contributed by atoms with Crippen LogP contribution in [0, 0.1) is 0 Å². The van der Waals surface area contributed by atoms with Crippen molar-refractivity contribution in [1.29, 1.82) is 0 Å². The van der Waals surface area contributed by atoms with Crippen molar-refractivity contribution in [3.63, 3.8) is 0 Å². The van der Waals surface area contributed by atoms with Gasteiger partial charge in [-0.15, -0.1) is 0 Å². The number of rotatable bonds is 5. The molecule has 1 nitrogen and oxygen atoms in total. The molecule has 2 aliphatic rings. The Hall–Kier alpha value is -6.18. The van der Waals surface area contributed by atoms with E-state index in [9.17, 15) is 0 Å². The Balaban J connectivity index is 1.29. The van der Waals surface area contributed by atoms with Crippen LogP contribution in [0.2, 0.25) is 0 Å². The molecule has 0 saturated heterocycles. The van der Waals surface area contributed by atoms with Gasteiger partial charge in [-0.1, -0.05) is 172 Å². The molecule has 0 fully saturated rings. The number of hydrogen-bond acceptors (Lipinski definition) is 1. The van der Waals surface area contributed by atoms with Gasteiger partial charge in [-0.25, -0.2) is 0 Å². The normalized spacial score (nSPS) is 14.4. The average molecular weight is 652 g/mol. The first-order valence-electron chi connectivity index (χ1n) is 18.0. The minimum atomic E-state index is -0.476. The number of hydrogen-bond donors (Lipinski definition) is 0. The summed E-state index contributed by atoms with van der Waals surface area (Å²) in [5, 5.41) is 2.54. The van der Waals surface area contributed by atoms with Crippen LogP contribution in [0.15, 0.2) is 188 Å². The molecule has 2 aliphatic carbocycles. The van der Waals surface area contributed by atoms with Gasteiger partial charge in [0.25, 0.3) is 0 Å². The summed E-state index contributed by atoms with van der Waals surface area (Å²) >= 11 is 0. The first-order chi connectivity index (χ1) is 25.1. The van der Waals surface area contributed by atoms with Crippen LogP contribution in [-0.2, 0) is 10.8 Å². The maximum atomic E-state index is 2.49. The summed E-state index contributed by atoms with van der Waals surface area (Å²) in [5.41, 5.74) is 16.1. The molecule has 51 heavy (non-hydrogen) atoms. The molecule has 0 radical (unpaired) electrons. The third-order valence-corrected chi connectivity index (χ3v) is 11.5. The molecule has 0 aromatic heterocycles. The number of nitrogens with zero attached hydrogens (tertiary/aromatic N) is 1. The molecule has 10 rings (SSSR count). The minimum Gasteiger partial charge on any atom is -0.310 e. The van der Waals surface area contributed by atoms with Gasteiger partial charge in [0.15, 0.2) is 0 Å². The smallest absolute Gasteiger partial charge is 0.0714 e. The van der Waals surface area contributed by atoms with Crippen molar-refractivity contribution >= 4 is 27.8 Å². The summed E-state index contributed by atoms with van der Waals surface area (Å²) in [6.45, 7) is 4.76. The van der Waals surface area contributed by atoms with Crippen LogP contribution in [0.3, 0.4) is 0 Å². The third kappa shape index (κ3) is 4.15. The van der Waals surface area contributed by atoms with Crippen molar-refractivity contribution in [3.8, 4) is 22.3 Å². The zero-order chi connectivity index (χ0) is 34.2. The van der Waals surface area contributed by atoms with Gasteiger partial charge in [0.1, 0.15) is 0 Å². The number of fused-ring (bicyclic) bond motifs is 8. The van der Waals surface area contributed by atoms with Gasteiger partial charge in [-0.3, -0.25) is 0 Å². The van der Waals surface area contributed by atoms with E-state index in [1.807, 2.05) is 0 Å². The quantitative estimate of drug-likeness (QED) is 0.179. The summed E-state index contributed by atoms with van der Waals surface area (Å²) in [4.78, 5) is 2.49. The number of para-hydroxylation sites is 1. The molecule has 0 amide bonds. The van der Waals surface area contributed by atoms with Crippen LogP contribution < -0.4 is 4.90 Å². The second-order valence-corrected chi connectivity index (χ2v) is 14.5. The molecule has 0 spiro atoms. The lowest BCUT2D eigenvalue weighted by molar-refractivity contribution is 0.661. The average Bonchev–Trinajstić information content (AvgIpc) is 3.62. The highest BCUT2D eigenvalue weighted by atomic mass is 15.1. The summed E-state index contributed by atoms with van der Waals surface area (Å²) < 4.78 is 0. The lowest BCUT2D eigenvalue weighted by atomic mass is 9.67. The van der Waals surface area contributed by atoms with Gasteiger partial charge in [0.2, 0.25) is 0 Å². The summed E-state index contributed by atoms with van der Waals surface area (Å²) in [6.07, 6.45) is 0. The van der Waals surface area contributed by atoms with E-state index >= 15 is 0 Å². The van der Waals surface area contributed by atoms with Crippen molar-refractivity contribution < 1.29 is 0 Å². The second kappa shape index (κ2) is 11.2. The predicted molar refractivity (Wildman–Crippen MR) is 213 cm³/mol. The van der Waals surface area contributed by atoms with Crippen molar-refractivity contribution in [2.24, 2.45) is 0 Å². The first-order valence-corrected chi connectivity index (χ1v) is 18.0. The summed E-state index contributed by atoms with van der Waals surface area (Å²) in [6, 6.07) is 69.7. The van der Waals surface area contributed by atoms with Crippen LogP contribution in [-0.4, -0.2) is 0 Å². The van der Waals surface area contributed by atoms with Crippen molar-refractivity contribution in [1.82, 2.24) is 0 Å². The van der Waals surface area contributed by atoms with Crippen LogP contribution in [0.25, 0.3) is 33.0 Å². The molecule has 8 aromatic carbocycles. The number of anilines is 3. The molecular weight excluding hydrogens is 615 g/mol. The summed E-state index contributed by atoms with van der Waals surface area (Å²) in [7, 11) is 0. The molecular formula is C50H37N. The molecule has 0 aliphatic heterocycles. The highest BCUT2D eigenvalue weighted by Crippen LogP contribution is 2.58. The topological polar surface area (TPSA) is 3.24 Å². The fourth-order valence-electron chi connectivity index (χ4n) is 9.29. The molecule has 242 valence electrons. The fourth-order valence-corrected chi connectivity index (χ4v) is 9.29. The third-order valence-electron chi connectivity index (χ3n) is 11.5. The predicted octanol–water partition coefficient (Wildman–Crippen LogP) is 13.0. The molecule has 0 heterocycles. The van der Waals surface area contributed by atoms with Crippen molar-refractivity contribution in [3.05, 3.63) is 221 Å². The first kappa shape index (κ1) is 29.7. The number of benzene rings is 8. The van der Waals surface area contributed by atoms with Gasteiger partial charge in [-0.2, -0.15) is 0 Å². The van der Waals surface area contributed by atoms with Crippen LogP contribution >= 0.6 is 0 Å². The maximum Gasteiger partial charge on any atom is 0.0714 e. The van der Waals surface area contributed by atoms with E-state index in [1.165, 1.54) is 72.1 Å². The Morgan fingerprint density at radius 2 is 0.902 bits per heavy atom. The maximum absolute atomic E-state index is 2.49. The van der Waals surface area contributed by atoms with E-state index in [0.717, 1.165) is 11.4 Å². The Morgan fingerprint density at radius 1 is 0.373 bits per heavy atom. The molecule has 0 bridgehead atoms. The van der Waals surface area contributed by atoms with Crippen molar-refractivity contribution in [2.75, 3.05) is 4.90 Å². The minimum absolute atomic E-state index is 0.136. The Kier molecular flexibility index (Phi) is 6.51. The van der Waals surface area contributed by atoms with E-state index < -0.39 is 5.41 Å². The lowest BCUT2D eigenvalue weighted by Crippen LogP contribution is -2.28. The van der Waals surface area contributed by atoms with Crippen molar-refractivity contribution in [2.45, 2.75) is 24.7 Å². The standard InChI is InChI=1S/C50H37N/c1-49(2)43-28-16-15-27-42(43)48-41-26-13-12-25-40(41)47(33-46(48)49)51(36-22-10-5-11-23-36)37-30-31-39-38-24-14-17-29-44(38)50(45(39)32-37,34-18-6-3-7-19-34)35-20-8-4-9-21-35/h3-33H,1-2H3. The molecule has 8 aromatic rings. The van der Waals surface area contributed by atoms with Gasteiger partial charge in [0.05, 0.1) is 11.1 Å². The zero-order valence-electron chi connectivity index (χ0n) is 28.8. The highest BCUT2D eigenvalue weighted by molar-refractivity contribution is 6.10. The van der Waals surface area contributed by atoms with Gasteiger partial charge >= 0.3 is 0 Å². The van der Waals surface area contributed by atoms with Gasteiger partial charge in [-0.05, 0) is 91.4 Å². The van der Waals surface area contributed by atoms with E-state index in [4.69, 9.17) is 0 Å². The Morgan fingerprint density at radius 3 is 1.59 bits per heavy atom. The van der Waals surface area contributed by atoms with Gasteiger partial charge < -0.3 is 4.90 Å². The van der Waals surface area contributed by atoms with Gasteiger partial charge in [0, 0.05) is 22.2 Å². The molecule has 1 heteroatoms. The van der Waals surface area contributed by atoms with E-state index in [1.54, 1.807) is 0 Å². The molecule has 0 saturated carbocycles. The van der Waals surface area contributed by atoms with E-state index in [-0.39, 0.29) is 5.41 Å². The Bertz CT molecular complexity index is 2560. The molecule has 0 atom stereocenters. The fraction of sp³-hybridized carbons (Fsp3) is 0.0800. The van der Waals surface area contributed by atoms with Crippen LogP contribution in [0.5, 0.6) is 0 Å². The largest absolute Gasteiger partial charge is 0.310 e. The second-order valence-electron chi connectivity index (χ2n) is 14.5. The molecule has 0 unspecified atom stereocenters. The van der Waals surface area contributed by atoms with Crippen LogP contribution in [0.4, 0.5) is 17.1 Å². The van der Waals surface area contributed by atoms with E-state index in [2.05, 4.69) is 207 Å². The monoisotopic (exact) mass is 651 g/mol. The SMILES string of the molecule is CC1(C)c2ccccc2-c2c1cc(N(c1ccccc1)c1ccc3c(c1)C(c1ccccc1)(c1ccccc1)c1ccccc1-3)c1ccccc21. The highest BCUT2D eigenvalue weighted by Gasteiger charge is 2.46. The Labute approximate surface area is 300 Å². The van der Waals surface area contributed by atoms with Crippen LogP contribution in [0.1, 0.15) is 47.2 Å². The van der Waals surface area contributed by atoms with E-state index in [0.29, 0.717) is 0 Å².